The van der Waals surface area contributed by atoms with Crippen LogP contribution >= 0.6 is 0 Å². The van der Waals surface area contributed by atoms with Gasteiger partial charge in [-0.3, -0.25) is 4.79 Å². The average Bonchev–Trinajstić information content (AvgIpc) is 2.39. The molecule has 0 spiro atoms. The SMILES string of the molecule is CCN(CC)C(=O)CN(C)c1cc(NN)nc(C)n1. The van der Waals surface area contributed by atoms with E-state index < -0.39 is 0 Å². The minimum Gasteiger partial charge on any atom is -0.350 e. The number of likely N-dealkylation sites (N-methyl/N-ethyl adjacent to an activating group) is 2. The van der Waals surface area contributed by atoms with E-state index in [0.717, 1.165) is 0 Å². The lowest BCUT2D eigenvalue weighted by molar-refractivity contribution is -0.129. The lowest BCUT2D eigenvalue weighted by atomic mass is 10.4. The minimum absolute atomic E-state index is 0.0750. The van der Waals surface area contributed by atoms with E-state index in [1.165, 1.54) is 0 Å². The lowest BCUT2D eigenvalue weighted by Crippen LogP contribution is -2.39. The highest BCUT2D eigenvalue weighted by molar-refractivity contribution is 5.81. The van der Waals surface area contributed by atoms with Crippen molar-refractivity contribution in [1.29, 1.82) is 0 Å². The van der Waals surface area contributed by atoms with Gasteiger partial charge in [0.15, 0.2) is 0 Å². The summed E-state index contributed by atoms with van der Waals surface area (Å²) in [5.74, 6) is 7.23. The maximum atomic E-state index is 12.0. The minimum atomic E-state index is 0.0750. The van der Waals surface area contributed by atoms with Crippen molar-refractivity contribution >= 4 is 17.5 Å². The standard InChI is InChI=1S/C12H22N6O/c1-5-18(6-2)12(19)8-17(4)11-7-10(16-13)14-9(3)15-11/h7H,5-6,8,13H2,1-4H3,(H,14,15,16). The number of carbonyl (C=O) groups is 1. The van der Waals surface area contributed by atoms with Crippen LogP contribution in [0.3, 0.4) is 0 Å². The predicted octanol–water partition coefficient (Wildman–Crippen LogP) is 0.375. The van der Waals surface area contributed by atoms with Gasteiger partial charge < -0.3 is 15.2 Å². The zero-order chi connectivity index (χ0) is 14.4. The molecule has 0 saturated heterocycles. The first-order valence-corrected chi connectivity index (χ1v) is 6.33. The third kappa shape index (κ3) is 4.06. The first kappa shape index (κ1) is 15.2. The van der Waals surface area contributed by atoms with Gasteiger partial charge in [0.2, 0.25) is 5.91 Å². The summed E-state index contributed by atoms with van der Waals surface area (Å²) in [7, 11) is 1.82. The van der Waals surface area contributed by atoms with Gasteiger partial charge in [-0.15, -0.1) is 0 Å². The van der Waals surface area contributed by atoms with Crippen LogP contribution in [0.2, 0.25) is 0 Å². The number of nitrogens with one attached hydrogen (secondary N) is 1. The first-order chi connectivity index (χ1) is 9.01. The third-order valence-electron chi connectivity index (χ3n) is 2.85. The number of aromatic nitrogens is 2. The molecule has 1 aromatic rings. The zero-order valence-electron chi connectivity index (χ0n) is 12.0. The molecule has 0 aliphatic carbocycles. The van der Waals surface area contributed by atoms with Crippen molar-refractivity contribution < 1.29 is 4.79 Å². The number of nitrogen functional groups attached to an aromatic ring is 1. The molecule has 106 valence electrons. The molecule has 0 fully saturated rings. The molecule has 0 atom stereocenters. The van der Waals surface area contributed by atoms with E-state index in [0.29, 0.717) is 30.5 Å². The second-order valence-electron chi connectivity index (χ2n) is 4.23. The number of hydrogen-bond acceptors (Lipinski definition) is 6. The largest absolute Gasteiger partial charge is 0.350 e. The Balaban J connectivity index is 2.80. The molecule has 0 radical (unpaired) electrons. The van der Waals surface area contributed by atoms with Gasteiger partial charge in [-0.05, 0) is 20.8 Å². The number of hydrogen-bond donors (Lipinski definition) is 2. The fourth-order valence-corrected chi connectivity index (χ4v) is 1.78. The van der Waals surface area contributed by atoms with Crippen LogP contribution in [0.15, 0.2) is 6.07 Å². The Morgan fingerprint density at radius 2 is 2.00 bits per heavy atom. The number of hydrazine groups is 1. The van der Waals surface area contributed by atoms with Gasteiger partial charge in [-0.25, -0.2) is 15.8 Å². The average molecular weight is 266 g/mol. The zero-order valence-corrected chi connectivity index (χ0v) is 12.0. The molecule has 1 heterocycles. The van der Waals surface area contributed by atoms with Gasteiger partial charge in [0.05, 0.1) is 6.54 Å². The van der Waals surface area contributed by atoms with Crippen molar-refractivity contribution in [1.82, 2.24) is 14.9 Å². The summed E-state index contributed by atoms with van der Waals surface area (Å²) in [4.78, 5) is 24.0. The van der Waals surface area contributed by atoms with Gasteiger partial charge in [-0.1, -0.05) is 0 Å². The van der Waals surface area contributed by atoms with E-state index in [4.69, 9.17) is 5.84 Å². The van der Waals surface area contributed by atoms with Crippen molar-refractivity contribution in [2.45, 2.75) is 20.8 Å². The number of aryl methyl sites for hydroxylation is 1. The second kappa shape index (κ2) is 6.89. The highest BCUT2D eigenvalue weighted by atomic mass is 16.2. The number of carbonyl (C=O) groups excluding carboxylic acids is 1. The maximum Gasteiger partial charge on any atom is 0.242 e. The van der Waals surface area contributed by atoms with Crippen LogP contribution in [-0.4, -0.2) is 47.5 Å². The van der Waals surface area contributed by atoms with Crippen molar-refractivity contribution in [3.05, 3.63) is 11.9 Å². The van der Waals surface area contributed by atoms with Crippen LogP contribution in [0.5, 0.6) is 0 Å². The second-order valence-corrected chi connectivity index (χ2v) is 4.23. The maximum absolute atomic E-state index is 12.0. The number of rotatable bonds is 6. The number of nitrogens with zero attached hydrogens (tertiary/aromatic N) is 4. The molecule has 0 aliphatic rings. The summed E-state index contributed by atoms with van der Waals surface area (Å²) in [6.07, 6.45) is 0. The van der Waals surface area contributed by atoms with Gasteiger partial charge >= 0.3 is 0 Å². The highest BCUT2D eigenvalue weighted by Crippen LogP contribution is 2.13. The Labute approximate surface area is 113 Å². The number of amides is 1. The third-order valence-corrected chi connectivity index (χ3v) is 2.85. The summed E-state index contributed by atoms with van der Waals surface area (Å²) in [5.41, 5.74) is 2.49. The van der Waals surface area contributed by atoms with E-state index in [9.17, 15) is 4.79 Å². The predicted molar refractivity (Wildman–Crippen MR) is 75.8 cm³/mol. The number of anilines is 2. The fraction of sp³-hybridized carbons (Fsp3) is 0.583. The molecule has 1 rings (SSSR count). The van der Waals surface area contributed by atoms with Gasteiger partial charge in [0, 0.05) is 26.2 Å². The van der Waals surface area contributed by atoms with Crippen LogP contribution < -0.4 is 16.2 Å². The van der Waals surface area contributed by atoms with Gasteiger partial charge in [-0.2, -0.15) is 0 Å². The van der Waals surface area contributed by atoms with Gasteiger partial charge in [0.1, 0.15) is 17.5 Å². The summed E-state index contributed by atoms with van der Waals surface area (Å²) in [6, 6.07) is 1.71. The van der Waals surface area contributed by atoms with Crippen LogP contribution in [-0.2, 0) is 4.79 Å². The Bertz CT molecular complexity index is 432. The molecule has 0 aliphatic heterocycles. The van der Waals surface area contributed by atoms with Crippen LogP contribution in [0.4, 0.5) is 11.6 Å². The molecule has 7 heteroatoms. The van der Waals surface area contributed by atoms with E-state index in [1.54, 1.807) is 22.8 Å². The van der Waals surface area contributed by atoms with Crippen LogP contribution in [0.25, 0.3) is 0 Å². The van der Waals surface area contributed by atoms with E-state index >= 15 is 0 Å². The molecule has 0 aromatic carbocycles. The van der Waals surface area contributed by atoms with Crippen molar-refractivity contribution in [3.8, 4) is 0 Å². The smallest absolute Gasteiger partial charge is 0.242 e. The molecule has 19 heavy (non-hydrogen) atoms. The lowest BCUT2D eigenvalue weighted by Gasteiger charge is -2.24. The topological polar surface area (TPSA) is 87.4 Å². The molecule has 1 amide bonds. The Kier molecular flexibility index (Phi) is 5.50. The normalized spacial score (nSPS) is 10.2. The highest BCUT2D eigenvalue weighted by Gasteiger charge is 2.14. The molecule has 1 aromatic heterocycles. The molecule has 0 saturated carbocycles. The molecule has 0 unspecified atom stereocenters. The van der Waals surface area contributed by atoms with Crippen LogP contribution in [0, 0.1) is 6.92 Å². The first-order valence-electron chi connectivity index (χ1n) is 6.33. The Morgan fingerprint density at radius 3 is 2.53 bits per heavy atom. The monoisotopic (exact) mass is 266 g/mol. The summed E-state index contributed by atoms with van der Waals surface area (Å²) >= 11 is 0. The quantitative estimate of drug-likeness (QED) is 0.571. The summed E-state index contributed by atoms with van der Waals surface area (Å²) in [6.45, 7) is 7.41. The summed E-state index contributed by atoms with van der Waals surface area (Å²) < 4.78 is 0. The molecular weight excluding hydrogens is 244 g/mol. The van der Waals surface area contributed by atoms with Crippen molar-refractivity contribution in [2.24, 2.45) is 5.84 Å². The Hall–Kier alpha value is -1.89. The molecular formula is C12H22N6O. The van der Waals surface area contributed by atoms with Crippen LogP contribution in [0.1, 0.15) is 19.7 Å². The van der Waals surface area contributed by atoms with E-state index in [-0.39, 0.29) is 12.5 Å². The van der Waals surface area contributed by atoms with E-state index in [2.05, 4.69) is 15.4 Å². The molecule has 0 bridgehead atoms. The molecule has 7 nitrogen and oxygen atoms in total. The van der Waals surface area contributed by atoms with E-state index in [1.807, 2.05) is 20.9 Å². The Morgan fingerprint density at radius 1 is 1.37 bits per heavy atom. The van der Waals surface area contributed by atoms with Crippen molar-refractivity contribution in [2.75, 3.05) is 37.0 Å². The fourth-order valence-electron chi connectivity index (χ4n) is 1.78. The summed E-state index contributed by atoms with van der Waals surface area (Å²) in [5, 5.41) is 0. The van der Waals surface area contributed by atoms with Crippen molar-refractivity contribution in [3.63, 3.8) is 0 Å². The number of nitrogens with two attached hydrogens (primary N) is 1. The van der Waals surface area contributed by atoms with Gasteiger partial charge in [0.25, 0.3) is 0 Å². The molecule has 3 N–H and O–H groups in total.